The third-order valence-corrected chi connectivity index (χ3v) is 2.00. The van der Waals surface area contributed by atoms with E-state index in [2.05, 4.69) is 30.1 Å². The second-order valence-electron chi connectivity index (χ2n) is 2.65. The minimum Gasteiger partial charge on any atom is -0.508 e. The zero-order valence-corrected chi connectivity index (χ0v) is 10.7. The maximum Gasteiger partial charge on any atom is 0.149 e. The van der Waals surface area contributed by atoms with Gasteiger partial charge in [0.05, 0.1) is 4.47 Å². The highest BCUT2D eigenvalue weighted by atomic mass is 79.9. The summed E-state index contributed by atoms with van der Waals surface area (Å²) in [5.74, 6) is 0.116. The van der Waals surface area contributed by atoms with Gasteiger partial charge in [-0.3, -0.25) is 0 Å². The maximum atomic E-state index is 8.89. The van der Waals surface area contributed by atoms with Gasteiger partial charge in [0, 0.05) is 20.3 Å². The Balaban J connectivity index is 0.000000293. The van der Waals surface area contributed by atoms with E-state index in [9.17, 15) is 0 Å². The van der Waals surface area contributed by atoms with Crippen LogP contribution in [0.4, 0.5) is 0 Å². The van der Waals surface area contributed by atoms with Crippen molar-refractivity contribution in [3.8, 4) is 11.5 Å². The summed E-state index contributed by atoms with van der Waals surface area (Å²) in [7, 11) is 3.13. The normalized spacial score (nSPS) is 9.44. The van der Waals surface area contributed by atoms with Crippen LogP contribution in [0.2, 0.25) is 0 Å². The summed E-state index contributed by atoms with van der Waals surface area (Å²) >= 11 is 3.07. The Morgan fingerprint density at radius 2 is 1.69 bits per heavy atom. The van der Waals surface area contributed by atoms with Gasteiger partial charge in [0.2, 0.25) is 0 Å². The number of hydrogen-bond acceptors (Lipinski definition) is 5. The number of rotatable bonds is 4. The molecule has 6 heteroatoms. The molecule has 1 rings (SSSR count). The second kappa shape index (κ2) is 9.41. The van der Waals surface area contributed by atoms with Gasteiger partial charge in [-0.1, -0.05) is 0 Å². The molecule has 0 saturated heterocycles. The van der Waals surface area contributed by atoms with Crippen LogP contribution in [0.25, 0.3) is 0 Å². The lowest BCUT2D eigenvalue weighted by Crippen LogP contribution is -1.98. The molecule has 0 heterocycles. The fraction of sp³-hybridized carbons (Fsp3) is 0.400. The van der Waals surface area contributed by atoms with E-state index in [4.69, 9.17) is 10.2 Å². The van der Waals surface area contributed by atoms with Crippen LogP contribution in [-0.2, 0) is 14.2 Å². The summed E-state index contributed by atoms with van der Waals surface area (Å²) in [4.78, 5) is 0. The summed E-state index contributed by atoms with van der Waals surface area (Å²) in [6.07, 6.45) is 0. The highest BCUT2D eigenvalue weighted by Gasteiger charge is 1.95. The monoisotopic (exact) mass is 294 g/mol. The first-order chi connectivity index (χ1) is 7.61. The van der Waals surface area contributed by atoms with Gasteiger partial charge in [-0.15, -0.1) is 0 Å². The van der Waals surface area contributed by atoms with Crippen LogP contribution in [0, 0.1) is 0 Å². The molecule has 0 aliphatic rings. The van der Waals surface area contributed by atoms with Gasteiger partial charge in [0.15, 0.2) is 0 Å². The molecule has 1 aromatic rings. The van der Waals surface area contributed by atoms with Crippen molar-refractivity contribution in [2.75, 3.05) is 27.8 Å². The van der Waals surface area contributed by atoms with E-state index in [1.807, 2.05) is 0 Å². The van der Waals surface area contributed by atoms with Crippen LogP contribution in [0.3, 0.4) is 0 Å². The summed E-state index contributed by atoms with van der Waals surface area (Å²) in [5, 5.41) is 17.6. The van der Waals surface area contributed by atoms with Crippen molar-refractivity contribution in [2.45, 2.75) is 0 Å². The van der Waals surface area contributed by atoms with Crippen LogP contribution >= 0.6 is 15.9 Å². The quantitative estimate of drug-likeness (QED) is 0.657. The second-order valence-corrected chi connectivity index (χ2v) is 3.51. The van der Waals surface area contributed by atoms with Gasteiger partial charge in [-0.2, -0.15) is 0 Å². The summed E-state index contributed by atoms with van der Waals surface area (Å²) in [6.45, 7) is 0.599. The van der Waals surface area contributed by atoms with E-state index >= 15 is 0 Å². The minimum atomic E-state index is 0.0509. The van der Waals surface area contributed by atoms with Crippen molar-refractivity contribution in [1.82, 2.24) is 0 Å². The molecule has 0 aliphatic carbocycles. The average molecular weight is 295 g/mol. The van der Waals surface area contributed by atoms with Crippen molar-refractivity contribution in [3.05, 3.63) is 22.7 Å². The zero-order chi connectivity index (χ0) is 12.4. The van der Waals surface area contributed by atoms with Crippen molar-refractivity contribution >= 4 is 15.9 Å². The first-order valence-electron chi connectivity index (χ1n) is 4.35. The third kappa shape index (κ3) is 7.47. The molecule has 0 amide bonds. The highest BCUT2D eigenvalue weighted by molar-refractivity contribution is 9.10. The molecule has 0 atom stereocenters. The lowest BCUT2D eigenvalue weighted by Gasteiger charge is -1.97. The van der Waals surface area contributed by atoms with E-state index < -0.39 is 0 Å². The maximum absolute atomic E-state index is 8.89. The van der Waals surface area contributed by atoms with E-state index in [-0.39, 0.29) is 11.5 Å². The Morgan fingerprint density at radius 3 is 2.06 bits per heavy atom. The Labute approximate surface area is 103 Å². The van der Waals surface area contributed by atoms with Gasteiger partial charge in [-0.05, 0) is 28.1 Å². The summed E-state index contributed by atoms with van der Waals surface area (Å²) in [6, 6.07) is 4.33. The lowest BCUT2D eigenvalue weighted by molar-refractivity contribution is -0.107. The predicted octanol–water partition coefficient (Wildman–Crippen LogP) is 2.07. The van der Waals surface area contributed by atoms with Crippen LogP contribution in [-0.4, -0.2) is 38.0 Å². The average Bonchev–Trinajstić information content (AvgIpc) is 2.26. The third-order valence-electron chi connectivity index (χ3n) is 1.33. The Hall–Kier alpha value is -0.820. The van der Waals surface area contributed by atoms with E-state index in [0.717, 1.165) is 0 Å². The largest absolute Gasteiger partial charge is 0.508 e. The highest BCUT2D eigenvalue weighted by Crippen LogP contribution is 2.26. The molecular formula is C10H15BrO5. The van der Waals surface area contributed by atoms with E-state index in [0.29, 0.717) is 18.1 Å². The van der Waals surface area contributed by atoms with Crippen LogP contribution in [0.1, 0.15) is 0 Å². The molecule has 0 aliphatic heterocycles. The number of methoxy groups -OCH3 is 2. The summed E-state index contributed by atoms with van der Waals surface area (Å²) in [5.41, 5.74) is 0. The smallest absolute Gasteiger partial charge is 0.149 e. The van der Waals surface area contributed by atoms with E-state index in [1.165, 1.54) is 12.1 Å². The topological polar surface area (TPSA) is 68.2 Å². The molecule has 0 aromatic heterocycles. The molecule has 16 heavy (non-hydrogen) atoms. The molecule has 92 valence electrons. The molecule has 5 nitrogen and oxygen atoms in total. The molecule has 0 spiro atoms. The Kier molecular flexibility index (Phi) is 8.93. The molecule has 0 radical (unpaired) electrons. The Morgan fingerprint density at radius 1 is 1.12 bits per heavy atom. The molecule has 0 unspecified atom stereocenters. The van der Waals surface area contributed by atoms with E-state index in [1.54, 1.807) is 20.3 Å². The molecule has 2 N–H and O–H groups in total. The van der Waals surface area contributed by atoms with Gasteiger partial charge < -0.3 is 24.4 Å². The molecule has 0 saturated carbocycles. The number of phenolic OH excluding ortho intramolecular Hbond substituents is 2. The minimum absolute atomic E-state index is 0.0509. The first kappa shape index (κ1) is 15.2. The van der Waals surface area contributed by atoms with Gasteiger partial charge >= 0.3 is 0 Å². The van der Waals surface area contributed by atoms with Crippen LogP contribution < -0.4 is 0 Å². The van der Waals surface area contributed by atoms with Crippen LogP contribution in [0.5, 0.6) is 11.5 Å². The van der Waals surface area contributed by atoms with Crippen molar-refractivity contribution < 1.29 is 24.4 Å². The fourth-order valence-electron chi connectivity index (χ4n) is 0.702. The number of halogens is 1. The SMILES string of the molecule is COCOCOC.Oc1ccc(Br)c(O)c1. The lowest BCUT2D eigenvalue weighted by atomic mass is 10.3. The Bertz CT molecular complexity index is 289. The van der Waals surface area contributed by atoms with Crippen molar-refractivity contribution in [2.24, 2.45) is 0 Å². The summed E-state index contributed by atoms with van der Waals surface area (Å²) < 4.78 is 14.4. The molecule has 0 bridgehead atoms. The van der Waals surface area contributed by atoms with Gasteiger partial charge in [0.25, 0.3) is 0 Å². The number of aromatic hydroxyl groups is 2. The van der Waals surface area contributed by atoms with Gasteiger partial charge in [0.1, 0.15) is 25.1 Å². The van der Waals surface area contributed by atoms with Gasteiger partial charge in [-0.25, -0.2) is 0 Å². The fourth-order valence-corrected chi connectivity index (χ4v) is 0.948. The van der Waals surface area contributed by atoms with Crippen molar-refractivity contribution in [1.29, 1.82) is 0 Å². The predicted molar refractivity (Wildman–Crippen MR) is 62.3 cm³/mol. The molecular weight excluding hydrogens is 280 g/mol. The number of phenols is 2. The standard InChI is InChI=1S/C6H5BrO2.C4H10O3/c7-5-2-1-4(8)3-6(5)9;1-5-3-7-4-6-2/h1-3,8-9H;3-4H2,1-2H3. The number of benzene rings is 1. The first-order valence-corrected chi connectivity index (χ1v) is 5.14. The number of ether oxygens (including phenoxy) is 3. The zero-order valence-electron chi connectivity index (χ0n) is 9.14. The molecule has 0 fully saturated rings. The molecule has 1 aromatic carbocycles. The number of hydrogen-bond donors (Lipinski definition) is 2. The van der Waals surface area contributed by atoms with Crippen LogP contribution in [0.15, 0.2) is 22.7 Å². The van der Waals surface area contributed by atoms with Crippen molar-refractivity contribution in [3.63, 3.8) is 0 Å².